The van der Waals surface area contributed by atoms with Gasteiger partial charge in [-0.15, -0.1) is 0 Å². The van der Waals surface area contributed by atoms with Crippen LogP contribution in [0.1, 0.15) is 127 Å². The van der Waals surface area contributed by atoms with E-state index in [0.717, 1.165) is 57.3 Å². The van der Waals surface area contributed by atoms with Crippen molar-refractivity contribution in [1.29, 1.82) is 0 Å². The molecule has 1 saturated carbocycles. The van der Waals surface area contributed by atoms with Crippen LogP contribution in [0.4, 0.5) is 49.9 Å². The summed E-state index contributed by atoms with van der Waals surface area (Å²) in [7, 11) is 0. The normalized spacial score (nSPS) is 15.8. The van der Waals surface area contributed by atoms with Gasteiger partial charge in [-0.3, -0.25) is 42.5 Å². The molecule has 652 valence electrons. The summed E-state index contributed by atoms with van der Waals surface area (Å²) in [4.78, 5) is 103. The number of hydrogen-bond acceptors (Lipinski definition) is 11. The van der Waals surface area contributed by atoms with Crippen molar-refractivity contribution in [3.8, 4) is 50.4 Å². The van der Waals surface area contributed by atoms with Gasteiger partial charge >= 0.3 is 0 Å². The summed E-state index contributed by atoms with van der Waals surface area (Å²) in [5.74, 6) is -0.182. The van der Waals surface area contributed by atoms with Gasteiger partial charge in [-0.1, -0.05) is 199 Å². The number of nitrogens with two attached hydrogens (primary N) is 2. The van der Waals surface area contributed by atoms with E-state index in [2.05, 4.69) is 85.1 Å². The molecule has 3 aromatic heterocycles. The highest BCUT2D eigenvalue weighted by molar-refractivity contribution is 6.36. The molecule has 20 nitrogen and oxygen atoms in total. The third-order valence-electron chi connectivity index (χ3n) is 24.8. The largest absolute Gasteiger partial charge is 0.398 e. The van der Waals surface area contributed by atoms with Gasteiger partial charge in [-0.2, -0.15) is 0 Å². The van der Waals surface area contributed by atoms with Crippen molar-refractivity contribution in [2.45, 2.75) is 124 Å². The lowest BCUT2D eigenvalue weighted by Gasteiger charge is -2.42. The lowest BCUT2D eigenvalue weighted by molar-refractivity contribution is -0.127. The van der Waals surface area contributed by atoms with Crippen LogP contribution in [0.15, 0.2) is 216 Å². The van der Waals surface area contributed by atoms with E-state index in [1.54, 1.807) is 60.2 Å². The van der Waals surface area contributed by atoms with Crippen molar-refractivity contribution >= 4 is 142 Å². The number of benzene rings is 9. The van der Waals surface area contributed by atoms with Gasteiger partial charge in [-0.05, 0) is 189 Å². The second-order valence-corrected chi connectivity index (χ2v) is 35.5. The van der Waals surface area contributed by atoms with Crippen LogP contribution in [0, 0.1) is 32.5 Å². The molecule has 0 unspecified atom stereocenters. The quantitative estimate of drug-likeness (QED) is 0.0529. The Labute approximate surface area is 764 Å². The Kier molecular flexibility index (Phi) is 26.9. The molecule has 25 heteroatoms. The Hall–Kier alpha value is -13.2. The van der Waals surface area contributed by atoms with Crippen LogP contribution in [0.5, 0.6) is 0 Å². The zero-order valence-electron chi connectivity index (χ0n) is 73.1. The molecule has 6 heterocycles. The van der Waals surface area contributed by atoms with Crippen molar-refractivity contribution in [3.63, 3.8) is 0 Å². The maximum Gasteiger partial charge on any atom is 0.274 e. The predicted molar refractivity (Wildman–Crippen MR) is 522 cm³/mol. The molecule has 4 N–H and O–H groups in total. The number of pyridine rings is 3. The Morgan fingerprint density at radius 1 is 0.438 bits per heavy atom. The fourth-order valence-corrected chi connectivity index (χ4v) is 19.3. The molecule has 4 aliphatic rings. The third kappa shape index (κ3) is 17.1. The summed E-state index contributed by atoms with van der Waals surface area (Å²) in [6.45, 7) is 59.5. The third-order valence-corrected chi connectivity index (χ3v) is 26.0. The highest BCUT2D eigenvalue weighted by Crippen LogP contribution is 2.51. The van der Waals surface area contributed by atoms with Crippen LogP contribution in [-0.4, -0.2) is 123 Å². The van der Waals surface area contributed by atoms with E-state index < -0.39 is 16.9 Å². The standard InChI is InChI=1S/C36H35ClN4O2.C34H33Cl2N5O2.C33H31ClFN5O2/c1-6-33(42)39-17-18-40(23(4)21-39)35-29-19-30(37)28(27-13-8-7-12-26(27)24-15-16-24)20-32(29)41(36(43)34(35)38-5)31-14-10-9-11-25(31)22(2)3;1-7-30(42)39-12-13-40(21(5)18-39)33-26-16-27(36)24(25-15-22(35)14-20(4)31(25)37)17-29(26)41(34(43)32(33)38-6)28-11-9-8-10-23(28)19(2)3;1-6-29(41)38-14-15-39(20(4)18-38)32-24-16-25(34)23(22-11-9-12-26(36)30(22)35)17-28(24)40(33(42)31(32)37-5)27-13-8-7-10-21(27)19(2)3/h6-14,19-20,22-24H,1,15-18,21H2,2-4H3;7-11,14-17,19,21H,1,12-13,18,37H2,2-5H3;6-13,16-17,19-20H,1,14-15,18,36H2,2-4H3/t23-;21-;20-/m000/s1. The topological polar surface area (TPSA) is 202 Å². The number of aromatic nitrogens is 3. The number of amides is 3. The average Bonchev–Trinajstić information content (AvgIpc) is 1.23. The van der Waals surface area contributed by atoms with Crippen LogP contribution >= 0.6 is 46.4 Å². The van der Waals surface area contributed by atoms with Crippen molar-refractivity contribution in [2.24, 2.45) is 0 Å². The number of fused-ring (bicyclic) bond motifs is 3. The van der Waals surface area contributed by atoms with E-state index in [9.17, 15) is 28.8 Å². The number of nitrogens with zero attached hydrogens (tertiary/aromatic N) is 12. The smallest absolute Gasteiger partial charge is 0.274 e. The summed E-state index contributed by atoms with van der Waals surface area (Å²) in [5.41, 5.74) is 25.9. The molecular formula is C103H99Cl4FN14O6. The maximum atomic E-state index is 15.3. The molecule has 9 aromatic carbocycles. The van der Waals surface area contributed by atoms with Gasteiger partial charge in [0.25, 0.3) is 33.7 Å². The first-order valence-electron chi connectivity index (χ1n) is 42.7. The summed E-state index contributed by atoms with van der Waals surface area (Å²) in [6.07, 6.45) is 6.24. The van der Waals surface area contributed by atoms with Crippen LogP contribution < -0.4 is 42.8 Å². The van der Waals surface area contributed by atoms with Crippen LogP contribution in [0.25, 0.3) is 97.7 Å². The highest BCUT2D eigenvalue weighted by atomic mass is 35.5. The summed E-state index contributed by atoms with van der Waals surface area (Å²) in [5, 5.41) is 3.74. The zero-order valence-corrected chi connectivity index (χ0v) is 76.1. The second-order valence-electron chi connectivity index (χ2n) is 33.9. The molecule has 3 atom stereocenters. The number of halogens is 5. The molecule has 0 bridgehead atoms. The summed E-state index contributed by atoms with van der Waals surface area (Å²) in [6, 6.07) is 50.4. The number of nitrogen functional groups attached to an aromatic ring is 2. The van der Waals surface area contributed by atoms with Gasteiger partial charge in [0.05, 0.1) is 76.1 Å². The molecule has 16 rings (SSSR count). The van der Waals surface area contributed by atoms with E-state index in [1.165, 1.54) is 34.4 Å². The maximum absolute atomic E-state index is 15.3. The molecule has 128 heavy (non-hydrogen) atoms. The van der Waals surface area contributed by atoms with Gasteiger partial charge in [0.1, 0.15) is 0 Å². The van der Waals surface area contributed by atoms with Gasteiger partial charge in [0, 0.05) is 147 Å². The average molecular weight is 1790 g/mol. The molecule has 0 radical (unpaired) electrons. The van der Waals surface area contributed by atoms with Crippen molar-refractivity contribution < 1.29 is 18.8 Å². The second kappa shape index (κ2) is 37.8. The van der Waals surface area contributed by atoms with Gasteiger partial charge in [0.2, 0.25) is 17.7 Å². The highest BCUT2D eigenvalue weighted by Gasteiger charge is 2.38. The number of anilines is 5. The molecule has 1 aliphatic carbocycles. The van der Waals surface area contributed by atoms with Crippen LogP contribution in [-0.2, 0) is 14.4 Å². The van der Waals surface area contributed by atoms with E-state index in [1.807, 2.05) is 154 Å². The number of carbonyl (C=O) groups is 3. The van der Waals surface area contributed by atoms with Crippen molar-refractivity contribution in [1.82, 2.24) is 28.4 Å². The minimum Gasteiger partial charge on any atom is -0.398 e. The summed E-state index contributed by atoms with van der Waals surface area (Å²) < 4.78 is 20.1. The number of hydrogen-bond donors (Lipinski definition) is 2. The molecule has 3 aliphatic heterocycles. The van der Waals surface area contributed by atoms with Crippen molar-refractivity contribution in [3.05, 3.63) is 321 Å². The number of carbonyl (C=O) groups excluding carboxylic acids is 3. The van der Waals surface area contributed by atoms with Gasteiger partial charge < -0.3 is 40.9 Å². The van der Waals surface area contributed by atoms with Gasteiger partial charge in [0.15, 0.2) is 5.82 Å². The number of para-hydroxylation sites is 3. The number of aryl methyl sites for hydroxylation is 1. The fourth-order valence-electron chi connectivity index (χ4n) is 18.3. The Morgan fingerprint density at radius 2 is 0.766 bits per heavy atom. The Bertz CT molecular complexity index is 6890. The fraction of sp³-hybridized carbons (Fsp3) is 0.272. The van der Waals surface area contributed by atoms with Gasteiger partial charge in [-0.25, -0.2) is 18.9 Å². The SMILES string of the molecule is [C-]#[N+]c1c(N2CCN(C(=O)C=C)C[C@@H]2C)c2cc(Cl)c(-c3cc(Cl)cc(C)c3N)cc2n(-c2ccccc2C(C)C)c1=O.[C-]#[N+]c1c(N2CCN(C(=O)C=C)C[C@@H]2C)c2cc(Cl)c(-c3cccc(N)c3F)cc2n(-c2ccccc2C(C)C)c1=O.[C-]#[N+]c1c(N2CCN(C(=O)C=C)C[C@@H]2C)c2cc(Cl)c(-c3ccccc3C3CC3)cc2n(-c2ccccc2C(C)C)c1=O. The van der Waals surface area contributed by atoms with Crippen LogP contribution in [0.3, 0.4) is 0 Å². The number of piperazine rings is 3. The minimum atomic E-state index is -0.607. The van der Waals surface area contributed by atoms with E-state index >= 15 is 4.39 Å². The molecule has 0 spiro atoms. The van der Waals surface area contributed by atoms with Crippen LogP contribution in [0.2, 0.25) is 20.1 Å². The predicted octanol–water partition coefficient (Wildman–Crippen LogP) is 22.8. The van der Waals surface area contributed by atoms with E-state index in [0.29, 0.717) is 158 Å². The molecule has 12 aromatic rings. The molecule has 3 amide bonds. The molecule has 4 fully saturated rings. The monoisotopic (exact) mass is 1790 g/mol. The lowest BCUT2D eigenvalue weighted by atomic mass is 9.94. The Balaban J connectivity index is 0.000000155. The van der Waals surface area contributed by atoms with Crippen molar-refractivity contribution in [2.75, 3.05) is 85.1 Å². The first kappa shape index (κ1) is 91.0. The minimum absolute atomic E-state index is 0.00309. The molecular weight excluding hydrogens is 1690 g/mol. The first-order valence-corrected chi connectivity index (χ1v) is 44.2. The van der Waals surface area contributed by atoms with E-state index in [4.69, 9.17) is 77.6 Å². The number of rotatable bonds is 16. The molecule has 3 saturated heterocycles. The Morgan fingerprint density at radius 3 is 1.10 bits per heavy atom. The van der Waals surface area contributed by atoms with E-state index in [-0.39, 0.29) is 92.5 Å². The lowest BCUT2D eigenvalue weighted by Crippen LogP contribution is -2.53. The summed E-state index contributed by atoms with van der Waals surface area (Å²) >= 11 is 27.5. The first-order chi connectivity index (χ1) is 61.3. The zero-order chi connectivity index (χ0) is 91.9.